The Bertz CT molecular complexity index is 1740. The maximum absolute atomic E-state index is 3.65. The van der Waals surface area contributed by atoms with Gasteiger partial charge in [0.15, 0.2) is 0 Å². The molecular weight excluding hydrogens is 680 g/mol. The summed E-state index contributed by atoms with van der Waals surface area (Å²) in [5.74, 6) is 3.82. The van der Waals surface area contributed by atoms with Gasteiger partial charge in [-0.15, -0.1) is 11.6 Å². The molecular formula is C49H60Zr. The van der Waals surface area contributed by atoms with E-state index in [0.717, 1.165) is 24.2 Å². The van der Waals surface area contributed by atoms with E-state index < -0.39 is 0 Å². The van der Waals surface area contributed by atoms with Gasteiger partial charge in [-0.2, -0.15) is 17.2 Å². The molecule has 0 aliphatic heterocycles. The SMILES string of the molecule is CC1=[C-]C(C)(C)c2cc3c(cc21)-c1cc2c(cc1C3)C(C)(C)C=C2C.CC1=[C-]C(C)C=C1CC12CC3CC(CC(C3)C1)C2.[Zr+2]=[C]1CCCCC1. The van der Waals surface area contributed by atoms with Crippen LogP contribution in [0.5, 0.6) is 0 Å². The summed E-state index contributed by atoms with van der Waals surface area (Å²) in [6, 6.07) is 9.81. The molecule has 0 amide bonds. The Balaban J connectivity index is 0.000000125. The number of hydrogen-bond acceptors (Lipinski definition) is 0. The standard InChI is InChI=1S/C25H25.C18H25.C6H10.Zr/c1-14-12-24(3,4)22-8-16-7-17-9-23-19(15(2)13-25(23,5)6)11-21(17)20(16)10-18(14)22;1-12-3-13(2)17(4-12)11-18-8-14-5-15(9-18)7-16(6-14)10-18;1-2-4-6-5-3-1;/h8-12H,7H2,1-6H3;4,12,14-16H,5-11H2,1-2H3;1-5H2;/q2*-1;;+2. The van der Waals surface area contributed by atoms with Gasteiger partial charge in [0.25, 0.3) is 0 Å². The third-order valence-corrected chi connectivity index (χ3v) is 15.2. The van der Waals surface area contributed by atoms with E-state index in [2.05, 4.69) is 104 Å². The van der Waals surface area contributed by atoms with Crippen LogP contribution in [0.2, 0.25) is 0 Å². The van der Waals surface area contributed by atoms with E-state index >= 15 is 0 Å². The van der Waals surface area contributed by atoms with Crippen molar-refractivity contribution in [2.45, 2.75) is 150 Å². The van der Waals surface area contributed by atoms with Crippen LogP contribution in [0, 0.1) is 41.2 Å². The molecule has 4 bridgehead atoms. The van der Waals surface area contributed by atoms with Gasteiger partial charge >= 0.3 is 59.5 Å². The molecule has 9 aliphatic carbocycles. The van der Waals surface area contributed by atoms with E-state index in [0.29, 0.717) is 11.3 Å². The van der Waals surface area contributed by atoms with Crippen molar-refractivity contribution in [1.82, 2.24) is 0 Å². The Kier molecular flexibility index (Phi) is 9.10. The molecule has 0 spiro atoms. The molecule has 0 nitrogen and oxygen atoms in total. The van der Waals surface area contributed by atoms with Crippen molar-refractivity contribution < 1.29 is 24.2 Å². The fraction of sp³-hybridized carbons (Fsp3) is 0.571. The molecule has 2 aromatic rings. The second-order valence-corrected chi connectivity index (χ2v) is 21.0. The Morgan fingerprint density at radius 2 is 1.30 bits per heavy atom. The van der Waals surface area contributed by atoms with Crippen molar-refractivity contribution in [3.63, 3.8) is 0 Å². The van der Waals surface area contributed by atoms with Gasteiger partial charge in [0.2, 0.25) is 0 Å². The zero-order chi connectivity index (χ0) is 35.2. The minimum absolute atomic E-state index is 0.0340. The van der Waals surface area contributed by atoms with Crippen LogP contribution in [0.25, 0.3) is 22.3 Å². The predicted molar refractivity (Wildman–Crippen MR) is 210 cm³/mol. The van der Waals surface area contributed by atoms with Crippen molar-refractivity contribution in [2.75, 3.05) is 0 Å². The van der Waals surface area contributed by atoms with Crippen LogP contribution in [0.15, 0.2) is 47.6 Å². The van der Waals surface area contributed by atoms with Crippen molar-refractivity contribution in [1.29, 1.82) is 0 Å². The van der Waals surface area contributed by atoms with Crippen LogP contribution >= 0.6 is 0 Å². The number of hydrogen-bond donors (Lipinski definition) is 0. The molecule has 0 aromatic heterocycles. The Morgan fingerprint density at radius 3 is 1.84 bits per heavy atom. The van der Waals surface area contributed by atoms with Crippen LogP contribution in [-0.2, 0) is 41.5 Å². The molecule has 1 atom stereocenters. The summed E-state index contributed by atoms with van der Waals surface area (Å²) in [5, 5.41) is 0. The summed E-state index contributed by atoms with van der Waals surface area (Å²) in [6.45, 7) is 18.2. The van der Waals surface area contributed by atoms with E-state index in [1.54, 1.807) is 71.5 Å². The van der Waals surface area contributed by atoms with Crippen LogP contribution in [0.3, 0.4) is 0 Å². The summed E-state index contributed by atoms with van der Waals surface area (Å²) >= 11 is 1.69. The number of fused-ring (bicyclic) bond motifs is 5. The van der Waals surface area contributed by atoms with Gasteiger partial charge < -0.3 is 0 Å². The second kappa shape index (κ2) is 12.9. The summed E-state index contributed by atoms with van der Waals surface area (Å²) in [4.78, 5) is 0. The second-order valence-electron chi connectivity index (χ2n) is 19.2. The van der Waals surface area contributed by atoms with Gasteiger partial charge in [0.05, 0.1) is 0 Å². The molecule has 50 heavy (non-hydrogen) atoms. The van der Waals surface area contributed by atoms with Gasteiger partial charge in [-0.1, -0.05) is 84.4 Å². The summed E-state index contributed by atoms with van der Waals surface area (Å²) < 4.78 is 1.80. The molecule has 260 valence electrons. The fourth-order valence-electron chi connectivity index (χ4n) is 12.3. The zero-order valence-electron chi connectivity index (χ0n) is 32.5. The van der Waals surface area contributed by atoms with E-state index in [4.69, 9.17) is 0 Å². The van der Waals surface area contributed by atoms with Crippen LogP contribution in [-0.4, -0.2) is 3.21 Å². The van der Waals surface area contributed by atoms with Crippen LogP contribution < -0.4 is 0 Å². The Hall–Kier alpha value is -1.85. The van der Waals surface area contributed by atoms with Crippen LogP contribution in [0.1, 0.15) is 166 Å². The Labute approximate surface area is 319 Å². The molecule has 1 unspecified atom stereocenters. The molecule has 1 heteroatoms. The third kappa shape index (κ3) is 6.52. The monoisotopic (exact) mass is 738 g/mol. The number of allylic oxidation sites excluding steroid dienone is 8. The van der Waals surface area contributed by atoms with E-state index in [-0.39, 0.29) is 10.8 Å². The van der Waals surface area contributed by atoms with Crippen LogP contribution in [0.4, 0.5) is 0 Å². The first-order chi connectivity index (χ1) is 23.7. The van der Waals surface area contributed by atoms with Gasteiger partial charge in [-0.3, -0.25) is 12.2 Å². The molecule has 0 N–H and O–H groups in total. The summed E-state index contributed by atoms with van der Waals surface area (Å²) in [5.41, 5.74) is 18.3. The minimum atomic E-state index is 0.0340. The molecule has 2 aromatic carbocycles. The van der Waals surface area contributed by atoms with Crippen molar-refractivity contribution >= 4 is 14.4 Å². The molecule has 11 rings (SSSR count). The van der Waals surface area contributed by atoms with Gasteiger partial charge in [0, 0.05) is 5.41 Å². The molecule has 5 saturated carbocycles. The number of rotatable bonds is 2. The van der Waals surface area contributed by atoms with Crippen molar-refractivity contribution in [2.24, 2.45) is 29.1 Å². The summed E-state index contributed by atoms with van der Waals surface area (Å²) in [6.07, 6.45) is 31.2. The average molecular weight is 740 g/mol. The van der Waals surface area contributed by atoms with E-state index in [1.165, 1.54) is 99.8 Å². The molecule has 9 aliphatic rings. The van der Waals surface area contributed by atoms with E-state index in [9.17, 15) is 0 Å². The number of benzene rings is 2. The molecule has 0 saturated heterocycles. The van der Waals surface area contributed by atoms with Crippen molar-refractivity contribution in [3.8, 4) is 11.1 Å². The molecule has 0 radical (unpaired) electrons. The maximum atomic E-state index is 3.65. The van der Waals surface area contributed by atoms with Crippen molar-refractivity contribution in [3.05, 3.63) is 93.1 Å². The zero-order valence-corrected chi connectivity index (χ0v) is 34.9. The van der Waals surface area contributed by atoms with Gasteiger partial charge in [0.1, 0.15) is 0 Å². The predicted octanol–water partition coefficient (Wildman–Crippen LogP) is 13.0. The first-order valence-electron chi connectivity index (χ1n) is 20.2. The van der Waals surface area contributed by atoms with E-state index in [1.807, 2.05) is 0 Å². The fourth-order valence-corrected chi connectivity index (χ4v) is 13.1. The van der Waals surface area contributed by atoms with Gasteiger partial charge in [-0.05, 0) is 120 Å². The Morgan fingerprint density at radius 1 is 0.720 bits per heavy atom. The quantitative estimate of drug-likeness (QED) is 0.230. The average Bonchev–Trinajstić information content (AvgIpc) is 3.69. The topological polar surface area (TPSA) is 0 Å². The van der Waals surface area contributed by atoms with Gasteiger partial charge in [-0.25, -0.2) is 11.1 Å². The first-order valence-corrected chi connectivity index (χ1v) is 21.5. The third-order valence-electron chi connectivity index (χ3n) is 14.0. The summed E-state index contributed by atoms with van der Waals surface area (Å²) in [7, 11) is 0. The molecule has 0 heterocycles. The molecule has 5 fully saturated rings. The first kappa shape index (κ1) is 35.2. The normalized spacial score (nSPS) is 31.3.